The second kappa shape index (κ2) is 13.7. The van der Waals surface area contributed by atoms with Crippen molar-refractivity contribution in [1.29, 1.82) is 0 Å². The van der Waals surface area contributed by atoms with Crippen molar-refractivity contribution in [3.8, 4) is 5.75 Å². The van der Waals surface area contributed by atoms with Gasteiger partial charge in [-0.3, -0.25) is 4.79 Å². The van der Waals surface area contributed by atoms with Crippen LogP contribution in [0.2, 0.25) is 0 Å². The van der Waals surface area contributed by atoms with Crippen LogP contribution in [0.15, 0.2) is 120 Å². The molecule has 6 nitrogen and oxygen atoms in total. The predicted molar refractivity (Wildman–Crippen MR) is 154 cm³/mol. The molecule has 4 rings (SSSR count). The minimum absolute atomic E-state index is 0.0682. The van der Waals surface area contributed by atoms with Gasteiger partial charge in [-0.05, 0) is 47.4 Å². The molecule has 0 unspecified atom stereocenters. The van der Waals surface area contributed by atoms with E-state index in [9.17, 15) is 13.2 Å². The van der Waals surface area contributed by atoms with Gasteiger partial charge in [0.2, 0.25) is 15.9 Å². The number of benzene rings is 4. The van der Waals surface area contributed by atoms with Crippen LogP contribution in [0.3, 0.4) is 0 Å². The molecule has 39 heavy (non-hydrogen) atoms. The summed E-state index contributed by atoms with van der Waals surface area (Å²) in [5.74, 6) is 0.492. The fraction of sp³-hybridized carbons (Fsp3) is 0.219. The van der Waals surface area contributed by atoms with E-state index in [-0.39, 0.29) is 30.3 Å². The van der Waals surface area contributed by atoms with Crippen LogP contribution in [0.5, 0.6) is 5.75 Å². The topological polar surface area (TPSA) is 66.9 Å². The molecule has 0 atom stereocenters. The molecule has 4 aromatic rings. The molecule has 0 aliphatic rings. The van der Waals surface area contributed by atoms with Crippen molar-refractivity contribution in [1.82, 2.24) is 9.21 Å². The third-order valence-electron chi connectivity index (χ3n) is 6.56. The van der Waals surface area contributed by atoms with Crippen LogP contribution in [0.1, 0.15) is 23.1 Å². The number of sulfonamides is 1. The molecule has 0 bridgehead atoms. The van der Waals surface area contributed by atoms with Crippen LogP contribution in [-0.2, 0) is 34.3 Å². The number of rotatable bonds is 13. The van der Waals surface area contributed by atoms with Gasteiger partial charge in [0.05, 0.1) is 12.0 Å². The van der Waals surface area contributed by atoms with Gasteiger partial charge in [0, 0.05) is 32.6 Å². The smallest absolute Gasteiger partial charge is 0.243 e. The summed E-state index contributed by atoms with van der Waals surface area (Å²) in [5.41, 5.74) is 3.04. The summed E-state index contributed by atoms with van der Waals surface area (Å²) in [5, 5.41) is 0. The number of methoxy groups -OCH3 is 1. The molecule has 202 valence electrons. The molecular formula is C32H34N2O4S. The van der Waals surface area contributed by atoms with Gasteiger partial charge >= 0.3 is 0 Å². The Hall–Kier alpha value is -3.94. The molecule has 0 heterocycles. The quantitative estimate of drug-likeness (QED) is 0.222. The minimum atomic E-state index is -3.85. The van der Waals surface area contributed by atoms with E-state index in [1.54, 1.807) is 12.1 Å². The lowest BCUT2D eigenvalue weighted by Gasteiger charge is -2.26. The maximum absolute atomic E-state index is 13.7. The van der Waals surface area contributed by atoms with Crippen molar-refractivity contribution in [2.75, 3.05) is 20.2 Å². The Balaban J connectivity index is 1.53. The van der Waals surface area contributed by atoms with Crippen molar-refractivity contribution in [2.45, 2.75) is 30.8 Å². The van der Waals surface area contributed by atoms with Crippen molar-refractivity contribution >= 4 is 15.9 Å². The summed E-state index contributed by atoms with van der Waals surface area (Å²) in [7, 11) is -2.32. The SMILES string of the molecule is COc1ccc(S(=O)(=O)N(CCC(=O)N(CCc2ccccc2)Cc2ccccc2)Cc2ccccc2)cc1. The lowest BCUT2D eigenvalue weighted by atomic mass is 10.1. The summed E-state index contributed by atoms with van der Waals surface area (Å²) >= 11 is 0. The van der Waals surface area contributed by atoms with Gasteiger partial charge in [-0.2, -0.15) is 4.31 Å². The summed E-state index contributed by atoms with van der Waals surface area (Å²) in [4.78, 5) is 15.5. The fourth-order valence-corrected chi connectivity index (χ4v) is 5.78. The molecule has 0 radical (unpaired) electrons. The molecule has 1 amide bonds. The first-order chi connectivity index (χ1) is 19.0. The van der Waals surface area contributed by atoms with Crippen molar-refractivity contribution in [3.05, 3.63) is 132 Å². The van der Waals surface area contributed by atoms with Crippen LogP contribution in [0.4, 0.5) is 0 Å². The van der Waals surface area contributed by atoms with E-state index in [0.717, 1.165) is 23.1 Å². The molecule has 0 spiro atoms. The number of hydrogen-bond donors (Lipinski definition) is 0. The summed E-state index contributed by atoms with van der Waals surface area (Å²) in [6.07, 6.45) is 0.793. The molecule has 4 aromatic carbocycles. The highest BCUT2D eigenvalue weighted by molar-refractivity contribution is 7.89. The maximum Gasteiger partial charge on any atom is 0.243 e. The maximum atomic E-state index is 13.7. The summed E-state index contributed by atoms with van der Waals surface area (Å²) < 4.78 is 33.9. The Morgan fingerprint density at radius 2 is 1.18 bits per heavy atom. The van der Waals surface area contributed by atoms with Gasteiger partial charge < -0.3 is 9.64 Å². The largest absolute Gasteiger partial charge is 0.497 e. The van der Waals surface area contributed by atoms with Crippen LogP contribution in [0.25, 0.3) is 0 Å². The number of nitrogens with zero attached hydrogens (tertiary/aromatic N) is 2. The highest BCUT2D eigenvalue weighted by Gasteiger charge is 2.26. The second-order valence-electron chi connectivity index (χ2n) is 9.29. The van der Waals surface area contributed by atoms with Gasteiger partial charge in [-0.1, -0.05) is 91.0 Å². The molecule has 0 fully saturated rings. The first-order valence-electron chi connectivity index (χ1n) is 13.0. The second-order valence-corrected chi connectivity index (χ2v) is 11.2. The van der Waals surface area contributed by atoms with Crippen LogP contribution < -0.4 is 4.74 Å². The van der Waals surface area contributed by atoms with E-state index in [1.807, 2.05) is 95.9 Å². The Kier molecular flexibility index (Phi) is 9.89. The third-order valence-corrected chi connectivity index (χ3v) is 8.42. The van der Waals surface area contributed by atoms with Gasteiger partial charge in [0.1, 0.15) is 5.75 Å². The van der Waals surface area contributed by atoms with Gasteiger partial charge in [-0.15, -0.1) is 0 Å². The standard InChI is InChI=1S/C32H34N2O4S/c1-38-30-17-19-31(20-18-30)39(36,37)34(26-29-15-9-4-10-16-29)24-22-32(35)33(25-28-13-7-3-8-14-28)23-21-27-11-5-2-6-12-27/h2-20H,21-26H2,1H3. The van der Waals surface area contributed by atoms with Crippen molar-refractivity contribution < 1.29 is 17.9 Å². The minimum Gasteiger partial charge on any atom is -0.497 e. The number of ether oxygens (including phenoxy) is 1. The number of amides is 1. The molecule has 0 N–H and O–H groups in total. The third kappa shape index (κ3) is 8.02. The van der Waals surface area contributed by atoms with E-state index in [2.05, 4.69) is 0 Å². The average Bonchev–Trinajstić information content (AvgIpc) is 2.98. The Bertz CT molecular complexity index is 1410. The first kappa shape index (κ1) is 28.1. The normalized spacial score (nSPS) is 11.3. The number of carbonyl (C=O) groups is 1. The van der Waals surface area contributed by atoms with E-state index >= 15 is 0 Å². The van der Waals surface area contributed by atoms with E-state index in [1.165, 1.54) is 23.5 Å². The lowest BCUT2D eigenvalue weighted by Crippen LogP contribution is -2.37. The zero-order chi connectivity index (χ0) is 27.5. The Morgan fingerprint density at radius 1 is 0.667 bits per heavy atom. The number of carbonyl (C=O) groups excluding carboxylic acids is 1. The molecule has 0 saturated carbocycles. The van der Waals surface area contributed by atoms with Crippen molar-refractivity contribution in [2.24, 2.45) is 0 Å². The van der Waals surface area contributed by atoms with Gasteiger partial charge in [-0.25, -0.2) is 8.42 Å². The van der Waals surface area contributed by atoms with E-state index in [4.69, 9.17) is 4.74 Å². The zero-order valence-electron chi connectivity index (χ0n) is 22.1. The van der Waals surface area contributed by atoms with Crippen molar-refractivity contribution in [3.63, 3.8) is 0 Å². The molecule has 0 saturated heterocycles. The average molecular weight is 543 g/mol. The molecule has 0 aromatic heterocycles. The first-order valence-corrected chi connectivity index (χ1v) is 14.4. The highest BCUT2D eigenvalue weighted by Crippen LogP contribution is 2.22. The fourth-order valence-electron chi connectivity index (χ4n) is 4.35. The van der Waals surface area contributed by atoms with Gasteiger partial charge in [0.15, 0.2) is 0 Å². The Morgan fingerprint density at radius 3 is 1.72 bits per heavy atom. The highest BCUT2D eigenvalue weighted by atomic mass is 32.2. The lowest BCUT2D eigenvalue weighted by molar-refractivity contribution is -0.132. The van der Waals surface area contributed by atoms with Crippen LogP contribution in [0, 0.1) is 0 Å². The molecule has 0 aliphatic heterocycles. The zero-order valence-corrected chi connectivity index (χ0v) is 23.0. The van der Waals surface area contributed by atoms with E-state index in [0.29, 0.717) is 18.8 Å². The molecular weight excluding hydrogens is 508 g/mol. The Labute approximate surface area is 231 Å². The summed E-state index contributed by atoms with van der Waals surface area (Å²) in [6.45, 7) is 1.25. The predicted octanol–water partition coefficient (Wildman–Crippen LogP) is 5.55. The summed E-state index contributed by atoms with van der Waals surface area (Å²) in [6, 6.07) is 35.7. The number of hydrogen-bond acceptors (Lipinski definition) is 4. The molecule has 0 aliphatic carbocycles. The van der Waals surface area contributed by atoms with Gasteiger partial charge in [0.25, 0.3) is 0 Å². The van der Waals surface area contributed by atoms with E-state index < -0.39 is 10.0 Å². The van der Waals surface area contributed by atoms with Crippen LogP contribution >= 0.6 is 0 Å². The van der Waals surface area contributed by atoms with Crippen LogP contribution in [-0.4, -0.2) is 43.7 Å². The monoisotopic (exact) mass is 542 g/mol. The molecule has 7 heteroatoms.